The minimum absolute atomic E-state index is 0.212. The summed E-state index contributed by atoms with van der Waals surface area (Å²) in [5, 5.41) is 8.03. The van der Waals surface area contributed by atoms with Crippen LogP contribution in [0.15, 0.2) is 90.9 Å². The number of nitrogens with one attached hydrogen (secondary N) is 3. The van der Waals surface area contributed by atoms with Crippen LogP contribution in [-0.2, 0) is 17.8 Å². The van der Waals surface area contributed by atoms with Crippen LogP contribution in [0.5, 0.6) is 0 Å². The van der Waals surface area contributed by atoms with E-state index in [9.17, 15) is 9.59 Å². The summed E-state index contributed by atoms with van der Waals surface area (Å²) in [5.41, 5.74) is 5.94. The summed E-state index contributed by atoms with van der Waals surface area (Å²) in [6.07, 6.45) is 6.43. The average Bonchev–Trinajstić information content (AvgIpc) is 3.50. The van der Waals surface area contributed by atoms with Gasteiger partial charge in [0, 0.05) is 58.4 Å². The fourth-order valence-electron chi connectivity index (χ4n) is 4.61. The molecule has 6 heteroatoms. The Morgan fingerprint density at radius 3 is 2.46 bits per heavy atom. The summed E-state index contributed by atoms with van der Waals surface area (Å²) in [6.45, 7) is 5.29. The highest BCUT2D eigenvalue weighted by Gasteiger charge is 2.16. The predicted octanol–water partition coefficient (Wildman–Crippen LogP) is 5.58. The molecule has 0 saturated heterocycles. The molecule has 0 saturated carbocycles. The second-order valence-corrected chi connectivity index (χ2v) is 9.13. The molecule has 0 radical (unpaired) electrons. The Morgan fingerprint density at radius 1 is 0.946 bits per heavy atom. The maximum absolute atomic E-state index is 13.4. The van der Waals surface area contributed by atoms with Crippen LogP contribution < -0.4 is 10.6 Å². The molecule has 0 unspecified atom stereocenters. The molecule has 186 valence electrons. The summed E-state index contributed by atoms with van der Waals surface area (Å²) < 4.78 is 2.13. The summed E-state index contributed by atoms with van der Waals surface area (Å²) in [6, 6.07) is 23.5. The fraction of sp³-hybridized carbons (Fsp3) is 0.161. The van der Waals surface area contributed by atoms with E-state index in [0.717, 1.165) is 45.0 Å². The Labute approximate surface area is 216 Å². The number of aryl methyl sites for hydroxylation is 2. The summed E-state index contributed by atoms with van der Waals surface area (Å²) in [5.74, 6) is -0.647. The lowest BCUT2D eigenvalue weighted by molar-refractivity contribution is -0.117. The van der Waals surface area contributed by atoms with Gasteiger partial charge < -0.3 is 20.2 Å². The highest BCUT2D eigenvalue weighted by atomic mass is 16.2. The predicted molar refractivity (Wildman–Crippen MR) is 149 cm³/mol. The van der Waals surface area contributed by atoms with Gasteiger partial charge >= 0.3 is 0 Å². The quantitative estimate of drug-likeness (QED) is 0.248. The zero-order chi connectivity index (χ0) is 25.8. The van der Waals surface area contributed by atoms with Crippen LogP contribution in [0.1, 0.15) is 34.0 Å². The number of hydrogen-bond acceptors (Lipinski definition) is 2. The fourth-order valence-corrected chi connectivity index (χ4v) is 4.61. The van der Waals surface area contributed by atoms with Gasteiger partial charge in [-0.3, -0.25) is 9.59 Å². The van der Waals surface area contributed by atoms with Gasteiger partial charge in [-0.15, -0.1) is 0 Å². The molecule has 0 aliphatic heterocycles. The SMILES string of the molecule is CCn1cc(C=C(NC(=O)c2ccc(C)cc2)C(=O)NCCc2c[nH]c3ccccc23)c2ccccc21. The minimum Gasteiger partial charge on any atom is -0.361 e. The van der Waals surface area contributed by atoms with Crippen LogP contribution >= 0.6 is 0 Å². The first-order valence-electron chi connectivity index (χ1n) is 12.5. The molecule has 0 spiro atoms. The minimum atomic E-state index is -0.325. The third-order valence-corrected chi connectivity index (χ3v) is 6.62. The number of para-hydroxylation sites is 2. The lowest BCUT2D eigenvalue weighted by atomic mass is 10.1. The summed E-state index contributed by atoms with van der Waals surface area (Å²) in [4.78, 5) is 29.7. The van der Waals surface area contributed by atoms with Crippen molar-refractivity contribution >= 4 is 39.7 Å². The molecule has 37 heavy (non-hydrogen) atoms. The highest BCUT2D eigenvalue weighted by molar-refractivity contribution is 6.06. The van der Waals surface area contributed by atoms with Crippen molar-refractivity contribution < 1.29 is 9.59 Å². The first kappa shape index (κ1) is 24.1. The monoisotopic (exact) mass is 490 g/mol. The molecule has 0 aliphatic rings. The van der Waals surface area contributed by atoms with Gasteiger partial charge in [0.05, 0.1) is 0 Å². The van der Waals surface area contributed by atoms with Crippen molar-refractivity contribution in [2.45, 2.75) is 26.8 Å². The van der Waals surface area contributed by atoms with E-state index in [1.807, 2.05) is 67.8 Å². The number of rotatable bonds is 8. The standard InChI is InChI=1S/C31H30N4O2/c1-3-35-20-24(26-9-5-7-11-29(26)35)18-28(34-30(36)22-14-12-21(2)13-15-22)31(37)32-17-16-23-19-33-27-10-6-4-8-25(23)27/h4-15,18-20,33H,3,16-17H2,1-2H3,(H,32,37)(H,34,36). The molecule has 0 atom stereocenters. The van der Waals surface area contributed by atoms with Gasteiger partial charge in [0.2, 0.25) is 0 Å². The number of hydrogen-bond donors (Lipinski definition) is 3. The van der Waals surface area contributed by atoms with Crippen LogP contribution in [0.25, 0.3) is 27.9 Å². The number of aromatic amines is 1. The first-order chi connectivity index (χ1) is 18.0. The number of fused-ring (bicyclic) bond motifs is 2. The van der Waals surface area contributed by atoms with Crippen molar-refractivity contribution in [1.82, 2.24) is 20.2 Å². The molecule has 2 heterocycles. The third-order valence-electron chi connectivity index (χ3n) is 6.62. The topological polar surface area (TPSA) is 78.9 Å². The smallest absolute Gasteiger partial charge is 0.267 e. The van der Waals surface area contributed by atoms with E-state index >= 15 is 0 Å². The van der Waals surface area contributed by atoms with Crippen molar-refractivity contribution in [2.75, 3.05) is 6.54 Å². The molecule has 2 amide bonds. The molecular weight excluding hydrogens is 460 g/mol. The van der Waals surface area contributed by atoms with Crippen molar-refractivity contribution in [2.24, 2.45) is 0 Å². The Bertz CT molecular complexity index is 1610. The number of carbonyl (C=O) groups excluding carboxylic acids is 2. The van der Waals surface area contributed by atoms with E-state index in [0.29, 0.717) is 18.5 Å². The molecule has 5 rings (SSSR count). The molecule has 0 fully saturated rings. The Balaban J connectivity index is 1.41. The van der Waals surface area contributed by atoms with Crippen LogP contribution in [0.2, 0.25) is 0 Å². The van der Waals surface area contributed by atoms with Gasteiger partial charge in [0.25, 0.3) is 11.8 Å². The molecule has 5 aromatic rings. The maximum atomic E-state index is 13.4. The van der Waals surface area contributed by atoms with Crippen molar-refractivity contribution in [1.29, 1.82) is 0 Å². The van der Waals surface area contributed by atoms with Crippen LogP contribution in [0, 0.1) is 6.92 Å². The Morgan fingerprint density at radius 2 is 1.68 bits per heavy atom. The maximum Gasteiger partial charge on any atom is 0.267 e. The normalized spacial score (nSPS) is 11.7. The molecule has 3 N–H and O–H groups in total. The van der Waals surface area contributed by atoms with Crippen LogP contribution in [0.4, 0.5) is 0 Å². The van der Waals surface area contributed by atoms with E-state index in [2.05, 4.69) is 39.2 Å². The van der Waals surface area contributed by atoms with Crippen LogP contribution in [-0.4, -0.2) is 27.9 Å². The van der Waals surface area contributed by atoms with E-state index in [1.54, 1.807) is 18.2 Å². The summed E-state index contributed by atoms with van der Waals surface area (Å²) >= 11 is 0. The van der Waals surface area contributed by atoms with E-state index in [1.165, 1.54) is 0 Å². The molecule has 0 bridgehead atoms. The van der Waals surface area contributed by atoms with Gasteiger partial charge in [0.1, 0.15) is 5.70 Å². The van der Waals surface area contributed by atoms with Crippen molar-refractivity contribution in [3.63, 3.8) is 0 Å². The van der Waals surface area contributed by atoms with E-state index < -0.39 is 0 Å². The number of benzene rings is 3. The molecule has 3 aromatic carbocycles. The van der Waals surface area contributed by atoms with Gasteiger partial charge in [-0.25, -0.2) is 0 Å². The van der Waals surface area contributed by atoms with Crippen molar-refractivity contribution in [3.05, 3.63) is 113 Å². The Kier molecular flexibility index (Phi) is 6.90. The second kappa shape index (κ2) is 10.6. The van der Waals surface area contributed by atoms with E-state index in [-0.39, 0.29) is 17.5 Å². The number of H-pyrrole nitrogens is 1. The number of amides is 2. The largest absolute Gasteiger partial charge is 0.361 e. The second-order valence-electron chi connectivity index (χ2n) is 9.13. The van der Waals surface area contributed by atoms with Gasteiger partial charge in [-0.1, -0.05) is 54.1 Å². The van der Waals surface area contributed by atoms with Gasteiger partial charge in [-0.2, -0.15) is 0 Å². The average molecular weight is 491 g/mol. The lowest BCUT2D eigenvalue weighted by Gasteiger charge is -2.11. The molecule has 2 aromatic heterocycles. The zero-order valence-corrected chi connectivity index (χ0v) is 21.0. The number of nitrogens with zero attached hydrogens (tertiary/aromatic N) is 1. The number of carbonyl (C=O) groups is 2. The Hall–Kier alpha value is -4.58. The molecular formula is C31H30N4O2. The number of aromatic nitrogens is 2. The van der Waals surface area contributed by atoms with Crippen molar-refractivity contribution in [3.8, 4) is 0 Å². The molecule has 0 aliphatic carbocycles. The first-order valence-corrected chi connectivity index (χ1v) is 12.5. The lowest BCUT2D eigenvalue weighted by Crippen LogP contribution is -2.35. The zero-order valence-electron chi connectivity index (χ0n) is 21.0. The van der Waals surface area contributed by atoms with Crippen LogP contribution in [0.3, 0.4) is 0 Å². The third kappa shape index (κ3) is 5.19. The van der Waals surface area contributed by atoms with Gasteiger partial charge in [-0.05, 0) is 56.2 Å². The summed E-state index contributed by atoms with van der Waals surface area (Å²) in [7, 11) is 0. The van der Waals surface area contributed by atoms with E-state index in [4.69, 9.17) is 0 Å². The highest BCUT2D eigenvalue weighted by Crippen LogP contribution is 2.23. The molecule has 6 nitrogen and oxygen atoms in total. The van der Waals surface area contributed by atoms with Gasteiger partial charge in [0.15, 0.2) is 0 Å².